The smallest absolute Gasteiger partial charge is 0.254 e. The van der Waals surface area contributed by atoms with Gasteiger partial charge in [-0.05, 0) is 44.2 Å². The first-order valence-electron chi connectivity index (χ1n) is 9.21. The SMILES string of the molecule is CCCCOC(C)C(=O)Nc1ncccc1OCC1CCCCC1. The Morgan fingerprint density at radius 3 is 2.92 bits per heavy atom. The molecule has 5 heteroatoms. The van der Waals surface area contributed by atoms with E-state index < -0.39 is 6.10 Å². The van der Waals surface area contributed by atoms with E-state index in [2.05, 4.69) is 17.2 Å². The summed E-state index contributed by atoms with van der Waals surface area (Å²) in [5.74, 6) is 1.53. The number of rotatable bonds is 9. The summed E-state index contributed by atoms with van der Waals surface area (Å²) in [5.41, 5.74) is 0. The van der Waals surface area contributed by atoms with Gasteiger partial charge < -0.3 is 14.8 Å². The average Bonchev–Trinajstić information content (AvgIpc) is 2.62. The Kier molecular flexibility index (Phi) is 8.02. The molecule has 1 aromatic heterocycles. The number of ether oxygens (including phenoxy) is 2. The predicted octanol–water partition coefficient (Wildman–Crippen LogP) is 4.18. The average molecular weight is 334 g/mol. The lowest BCUT2D eigenvalue weighted by atomic mass is 9.90. The molecule has 24 heavy (non-hydrogen) atoms. The number of amides is 1. The van der Waals surface area contributed by atoms with Crippen LogP contribution in [-0.4, -0.2) is 30.2 Å². The third-order valence-electron chi connectivity index (χ3n) is 4.45. The van der Waals surface area contributed by atoms with Crippen molar-refractivity contribution in [3.63, 3.8) is 0 Å². The number of nitrogens with one attached hydrogen (secondary N) is 1. The molecule has 0 radical (unpaired) electrons. The Labute approximate surface area is 145 Å². The maximum atomic E-state index is 12.2. The number of unbranched alkanes of at least 4 members (excludes halogenated alkanes) is 1. The van der Waals surface area contributed by atoms with Crippen LogP contribution in [0.1, 0.15) is 58.8 Å². The van der Waals surface area contributed by atoms with Crippen LogP contribution in [0.4, 0.5) is 5.82 Å². The monoisotopic (exact) mass is 334 g/mol. The molecule has 1 saturated carbocycles. The maximum absolute atomic E-state index is 12.2. The van der Waals surface area contributed by atoms with E-state index in [0.29, 0.717) is 30.7 Å². The fourth-order valence-electron chi connectivity index (χ4n) is 2.86. The third kappa shape index (κ3) is 6.11. The van der Waals surface area contributed by atoms with Crippen LogP contribution in [0.25, 0.3) is 0 Å². The molecular formula is C19H30N2O3. The highest BCUT2D eigenvalue weighted by atomic mass is 16.5. The quantitative estimate of drug-likeness (QED) is 0.688. The van der Waals surface area contributed by atoms with Crippen molar-refractivity contribution in [1.82, 2.24) is 4.98 Å². The van der Waals surface area contributed by atoms with Gasteiger partial charge in [0.1, 0.15) is 6.10 Å². The Balaban J connectivity index is 1.86. The van der Waals surface area contributed by atoms with Gasteiger partial charge in [-0.25, -0.2) is 4.98 Å². The molecule has 1 aliphatic rings. The minimum absolute atomic E-state index is 0.188. The van der Waals surface area contributed by atoms with Gasteiger partial charge in [-0.1, -0.05) is 32.6 Å². The summed E-state index contributed by atoms with van der Waals surface area (Å²) < 4.78 is 11.5. The lowest BCUT2D eigenvalue weighted by molar-refractivity contribution is -0.126. The zero-order valence-corrected chi connectivity index (χ0v) is 14.9. The lowest BCUT2D eigenvalue weighted by Crippen LogP contribution is -2.28. The van der Waals surface area contributed by atoms with Crippen LogP contribution in [0.15, 0.2) is 18.3 Å². The van der Waals surface area contributed by atoms with Crippen molar-refractivity contribution in [3.8, 4) is 5.75 Å². The van der Waals surface area contributed by atoms with Crippen LogP contribution in [0.2, 0.25) is 0 Å². The van der Waals surface area contributed by atoms with E-state index in [1.165, 1.54) is 32.1 Å². The van der Waals surface area contributed by atoms with Crippen molar-refractivity contribution in [3.05, 3.63) is 18.3 Å². The van der Waals surface area contributed by atoms with Gasteiger partial charge in [0.05, 0.1) is 6.61 Å². The van der Waals surface area contributed by atoms with Crippen molar-refractivity contribution < 1.29 is 14.3 Å². The fourth-order valence-corrected chi connectivity index (χ4v) is 2.86. The van der Waals surface area contributed by atoms with Crippen molar-refractivity contribution in [2.75, 3.05) is 18.5 Å². The molecule has 1 aromatic rings. The highest BCUT2D eigenvalue weighted by molar-refractivity contribution is 5.94. The zero-order chi connectivity index (χ0) is 17.2. The topological polar surface area (TPSA) is 60.5 Å². The second-order valence-electron chi connectivity index (χ2n) is 6.52. The van der Waals surface area contributed by atoms with Crippen LogP contribution in [0, 0.1) is 5.92 Å². The molecule has 0 aromatic carbocycles. The number of hydrogen-bond acceptors (Lipinski definition) is 4. The van der Waals surface area contributed by atoms with Gasteiger partial charge >= 0.3 is 0 Å². The zero-order valence-electron chi connectivity index (χ0n) is 14.9. The molecule has 134 valence electrons. The summed E-state index contributed by atoms with van der Waals surface area (Å²) >= 11 is 0. The molecule has 1 fully saturated rings. The summed E-state index contributed by atoms with van der Waals surface area (Å²) in [5, 5.41) is 2.82. The first-order valence-corrected chi connectivity index (χ1v) is 9.21. The largest absolute Gasteiger partial charge is 0.489 e. The standard InChI is InChI=1S/C19H30N2O3/c1-3-4-13-23-15(2)19(22)21-18-17(11-8-12-20-18)24-14-16-9-6-5-7-10-16/h8,11-12,15-16H,3-7,9-10,13-14H2,1-2H3,(H,20,21,22). The predicted molar refractivity (Wildman–Crippen MR) is 95.3 cm³/mol. The van der Waals surface area contributed by atoms with Crippen LogP contribution in [-0.2, 0) is 9.53 Å². The van der Waals surface area contributed by atoms with Crippen LogP contribution in [0.3, 0.4) is 0 Å². The van der Waals surface area contributed by atoms with Crippen LogP contribution >= 0.6 is 0 Å². The van der Waals surface area contributed by atoms with E-state index in [4.69, 9.17) is 9.47 Å². The van der Waals surface area contributed by atoms with Crippen LogP contribution < -0.4 is 10.1 Å². The second-order valence-corrected chi connectivity index (χ2v) is 6.52. The van der Waals surface area contributed by atoms with Crippen molar-refractivity contribution in [2.45, 2.75) is 64.9 Å². The minimum Gasteiger partial charge on any atom is -0.489 e. The van der Waals surface area contributed by atoms with Crippen LogP contribution in [0.5, 0.6) is 5.75 Å². The number of carbonyl (C=O) groups excluding carboxylic acids is 1. The van der Waals surface area contributed by atoms with Gasteiger partial charge in [0, 0.05) is 12.8 Å². The van der Waals surface area contributed by atoms with Gasteiger partial charge in [-0.2, -0.15) is 0 Å². The first kappa shape index (κ1) is 18.7. The molecule has 0 aliphatic heterocycles. The van der Waals surface area contributed by atoms with Crippen molar-refractivity contribution in [1.29, 1.82) is 0 Å². The number of anilines is 1. The van der Waals surface area contributed by atoms with E-state index >= 15 is 0 Å². The molecule has 2 rings (SSSR count). The number of pyridine rings is 1. The van der Waals surface area contributed by atoms with Gasteiger partial charge in [0.15, 0.2) is 11.6 Å². The van der Waals surface area contributed by atoms with Gasteiger partial charge in [-0.15, -0.1) is 0 Å². The summed E-state index contributed by atoms with van der Waals surface area (Å²) in [6.07, 6.45) is 9.53. The van der Waals surface area contributed by atoms with Gasteiger partial charge in [0.2, 0.25) is 0 Å². The second kappa shape index (κ2) is 10.3. The minimum atomic E-state index is -0.496. The molecule has 1 amide bonds. The van der Waals surface area contributed by atoms with E-state index in [1.54, 1.807) is 13.1 Å². The number of carbonyl (C=O) groups is 1. The Bertz CT molecular complexity index is 501. The van der Waals surface area contributed by atoms with Crippen molar-refractivity contribution >= 4 is 11.7 Å². The molecule has 0 spiro atoms. The summed E-state index contributed by atoms with van der Waals surface area (Å²) in [4.78, 5) is 16.5. The lowest BCUT2D eigenvalue weighted by Gasteiger charge is -2.22. The van der Waals surface area contributed by atoms with E-state index in [-0.39, 0.29) is 5.91 Å². The highest BCUT2D eigenvalue weighted by Crippen LogP contribution is 2.27. The molecular weight excluding hydrogens is 304 g/mol. The fraction of sp³-hybridized carbons (Fsp3) is 0.684. The normalized spacial score (nSPS) is 16.6. The molecule has 5 nitrogen and oxygen atoms in total. The Hall–Kier alpha value is -1.62. The van der Waals surface area contributed by atoms with Crippen molar-refractivity contribution in [2.24, 2.45) is 5.92 Å². The van der Waals surface area contributed by atoms with E-state index in [1.807, 2.05) is 12.1 Å². The number of hydrogen-bond donors (Lipinski definition) is 1. The number of nitrogens with zero attached hydrogens (tertiary/aromatic N) is 1. The highest BCUT2D eigenvalue weighted by Gasteiger charge is 2.18. The molecule has 1 N–H and O–H groups in total. The molecule has 1 atom stereocenters. The molecule has 0 saturated heterocycles. The molecule has 1 unspecified atom stereocenters. The van der Waals surface area contributed by atoms with Gasteiger partial charge in [0.25, 0.3) is 5.91 Å². The molecule has 1 aliphatic carbocycles. The molecule has 0 bridgehead atoms. The molecule has 1 heterocycles. The third-order valence-corrected chi connectivity index (χ3v) is 4.45. The summed E-state index contributed by atoms with van der Waals surface area (Å²) in [6.45, 7) is 5.14. The van der Waals surface area contributed by atoms with E-state index in [0.717, 1.165) is 12.8 Å². The Morgan fingerprint density at radius 1 is 1.38 bits per heavy atom. The summed E-state index contributed by atoms with van der Waals surface area (Å²) in [6, 6.07) is 3.68. The van der Waals surface area contributed by atoms with E-state index in [9.17, 15) is 4.79 Å². The first-order chi connectivity index (χ1) is 11.7. The maximum Gasteiger partial charge on any atom is 0.254 e. The van der Waals surface area contributed by atoms with Gasteiger partial charge in [-0.3, -0.25) is 4.79 Å². The number of aromatic nitrogens is 1. The summed E-state index contributed by atoms with van der Waals surface area (Å²) in [7, 11) is 0. The Morgan fingerprint density at radius 2 is 2.17 bits per heavy atom.